The fourth-order valence-electron chi connectivity index (χ4n) is 3.01. The van der Waals surface area contributed by atoms with Crippen molar-refractivity contribution in [2.24, 2.45) is 0 Å². The predicted octanol–water partition coefficient (Wildman–Crippen LogP) is 2.68. The van der Waals surface area contributed by atoms with Gasteiger partial charge in [-0.2, -0.15) is 0 Å². The number of ether oxygens (including phenoxy) is 2. The number of benzene rings is 2. The molecule has 1 atom stereocenters. The van der Waals surface area contributed by atoms with Crippen LogP contribution in [0.1, 0.15) is 39.1 Å². The zero-order chi connectivity index (χ0) is 19.4. The number of Topliss-reactive ketones (excluding diaryl/α,β-unsaturated/α-hetero) is 2. The minimum Gasteiger partial charge on any atom is -0.483 e. The second-order valence-corrected chi connectivity index (χ2v) is 6.79. The molecule has 0 saturated carbocycles. The molecule has 1 aliphatic heterocycles. The van der Waals surface area contributed by atoms with E-state index in [4.69, 9.17) is 9.47 Å². The number of aliphatic hydroxyl groups is 1. The van der Waals surface area contributed by atoms with Gasteiger partial charge in [-0.3, -0.25) is 9.59 Å². The van der Waals surface area contributed by atoms with E-state index in [2.05, 4.69) is 0 Å². The largest absolute Gasteiger partial charge is 0.483 e. The van der Waals surface area contributed by atoms with Gasteiger partial charge < -0.3 is 19.5 Å². The number of aliphatic hydroxyl groups excluding tert-OH is 1. The lowest BCUT2D eigenvalue weighted by molar-refractivity contribution is -0.0670. The molecule has 6 heteroatoms. The van der Waals surface area contributed by atoms with Crippen molar-refractivity contribution < 1.29 is 24.2 Å². The van der Waals surface area contributed by atoms with Crippen molar-refractivity contribution in [2.45, 2.75) is 25.7 Å². The van der Waals surface area contributed by atoms with Crippen LogP contribution < -0.4 is 9.47 Å². The van der Waals surface area contributed by atoms with Gasteiger partial charge in [0, 0.05) is 30.5 Å². The number of ketones is 2. The van der Waals surface area contributed by atoms with Crippen molar-refractivity contribution in [3.05, 3.63) is 59.2 Å². The van der Waals surface area contributed by atoms with E-state index < -0.39 is 6.29 Å². The molecule has 142 valence electrons. The first-order valence-corrected chi connectivity index (χ1v) is 8.84. The third-order valence-corrected chi connectivity index (χ3v) is 4.29. The van der Waals surface area contributed by atoms with E-state index in [1.54, 1.807) is 24.3 Å². The van der Waals surface area contributed by atoms with Crippen molar-refractivity contribution in [1.82, 2.24) is 4.90 Å². The topological polar surface area (TPSA) is 76.1 Å². The summed E-state index contributed by atoms with van der Waals surface area (Å²) in [6.07, 6.45) is -0.729. The highest BCUT2D eigenvalue weighted by molar-refractivity contribution is 6.03. The lowest BCUT2D eigenvalue weighted by Crippen LogP contribution is -2.28. The minimum absolute atomic E-state index is 0.0196. The highest BCUT2D eigenvalue weighted by atomic mass is 16.7. The highest BCUT2D eigenvalue weighted by Crippen LogP contribution is 2.32. The summed E-state index contributed by atoms with van der Waals surface area (Å²) in [5.74, 6) is 0.653. The van der Waals surface area contributed by atoms with Gasteiger partial charge in [0.15, 0.2) is 29.7 Å². The number of rotatable bonds is 7. The second-order valence-electron chi connectivity index (χ2n) is 6.79. The molecule has 2 aromatic rings. The van der Waals surface area contributed by atoms with E-state index in [-0.39, 0.29) is 31.0 Å². The summed E-state index contributed by atoms with van der Waals surface area (Å²) >= 11 is 0. The van der Waals surface area contributed by atoms with Gasteiger partial charge >= 0.3 is 0 Å². The van der Waals surface area contributed by atoms with Crippen LogP contribution in [0.3, 0.4) is 0 Å². The van der Waals surface area contributed by atoms with Crippen LogP contribution in [0.5, 0.6) is 11.5 Å². The Kier molecular flexibility index (Phi) is 5.88. The summed E-state index contributed by atoms with van der Waals surface area (Å²) in [7, 11) is 3.90. The van der Waals surface area contributed by atoms with Crippen LogP contribution in [-0.2, 0) is 6.54 Å². The lowest BCUT2D eigenvalue weighted by atomic mass is 9.97. The van der Waals surface area contributed by atoms with Gasteiger partial charge in [-0.05, 0) is 37.9 Å². The summed E-state index contributed by atoms with van der Waals surface area (Å²) in [4.78, 5) is 27.1. The molecule has 6 nitrogen and oxygen atoms in total. The van der Waals surface area contributed by atoms with E-state index in [1.807, 2.05) is 37.2 Å². The van der Waals surface area contributed by atoms with E-state index in [1.165, 1.54) is 0 Å². The predicted molar refractivity (Wildman–Crippen MR) is 100 cm³/mol. The third-order valence-electron chi connectivity index (χ3n) is 4.29. The number of hydrogen-bond acceptors (Lipinski definition) is 6. The van der Waals surface area contributed by atoms with E-state index >= 15 is 0 Å². The Morgan fingerprint density at radius 2 is 1.81 bits per heavy atom. The average Bonchev–Trinajstić information content (AvgIpc) is 2.65. The van der Waals surface area contributed by atoms with Crippen LogP contribution in [-0.4, -0.2) is 48.6 Å². The molecule has 3 rings (SSSR count). The molecule has 0 spiro atoms. The van der Waals surface area contributed by atoms with Crippen LogP contribution in [0.25, 0.3) is 0 Å². The molecule has 1 N–H and O–H groups in total. The van der Waals surface area contributed by atoms with Gasteiger partial charge in [-0.1, -0.05) is 24.3 Å². The third kappa shape index (κ3) is 4.72. The standard InChI is InChI=1S/C21H23NO5/c1-22(2)12-15-5-3-4-6-16(15)18(24)9-8-17(23)14-7-10-19-20(11-14)26-13-21(25)27-19/h3-7,10-11,21,25H,8-9,12-13H2,1-2H3. The molecule has 1 aliphatic rings. The molecular formula is C21H23NO5. The van der Waals surface area contributed by atoms with Gasteiger partial charge in [-0.15, -0.1) is 0 Å². The molecule has 0 saturated heterocycles. The van der Waals surface area contributed by atoms with Crippen LogP contribution in [0, 0.1) is 0 Å². The van der Waals surface area contributed by atoms with Gasteiger partial charge in [0.25, 0.3) is 0 Å². The molecule has 0 aromatic heterocycles. The Morgan fingerprint density at radius 3 is 2.59 bits per heavy atom. The Balaban J connectivity index is 1.65. The van der Waals surface area contributed by atoms with Crippen LogP contribution in [0.4, 0.5) is 0 Å². The highest BCUT2D eigenvalue weighted by Gasteiger charge is 2.21. The number of carbonyl (C=O) groups excluding carboxylic acids is 2. The van der Waals surface area contributed by atoms with Crippen molar-refractivity contribution in [3.63, 3.8) is 0 Å². The maximum Gasteiger partial charge on any atom is 0.232 e. The molecule has 0 fully saturated rings. The molecule has 27 heavy (non-hydrogen) atoms. The molecule has 1 heterocycles. The monoisotopic (exact) mass is 369 g/mol. The minimum atomic E-state index is -1.00. The van der Waals surface area contributed by atoms with E-state index in [9.17, 15) is 14.7 Å². The average molecular weight is 369 g/mol. The second kappa shape index (κ2) is 8.33. The molecule has 0 bridgehead atoms. The number of carbonyl (C=O) groups is 2. The van der Waals surface area contributed by atoms with Gasteiger partial charge in [0.1, 0.15) is 0 Å². The zero-order valence-electron chi connectivity index (χ0n) is 15.5. The maximum atomic E-state index is 12.6. The fourth-order valence-corrected chi connectivity index (χ4v) is 3.01. The van der Waals surface area contributed by atoms with Crippen molar-refractivity contribution in [2.75, 3.05) is 20.7 Å². The molecule has 1 unspecified atom stereocenters. The normalized spacial score (nSPS) is 15.6. The SMILES string of the molecule is CN(C)Cc1ccccc1C(=O)CCC(=O)c1ccc2c(c1)OCC(O)O2. The first-order valence-electron chi connectivity index (χ1n) is 8.84. The molecule has 0 aliphatic carbocycles. The number of fused-ring (bicyclic) bond motifs is 1. The van der Waals surface area contributed by atoms with Gasteiger partial charge in [0.2, 0.25) is 6.29 Å². The Labute approximate surface area is 158 Å². The Morgan fingerprint density at radius 1 is 1.07 bits per heavy atom. The van der Waals surface area contributed by atoms with E-state index in [0.717, 1.165) is 5.56 Å². The Bertz CT molecular complexity index is 846. The van der Waals surface area contributed by atoms with Gasteiger partial charge in [0.05, 0.1) is 0 Å². The fraction of sp³-hybridized carbons (Fsp3) is 0.333. The zero-order valence-corrected chi connectivity index (χ0v) is 15.5. The first-order chi connectivity index (χ1) is 12.9. The maximum absolute atomic E-state index is 12.6. The number of hydrogen-bond donors (Lipinski definition) is 1. The number of nitrogens with zero attached hydrogens (tertiary/aromatic N) is 1. The summed E-state index contributed by atoms with van der Waals surface area (Å²) in [5, 5.41) is 9.41. The van der Waals surface area contributed by atoms with E-state index in [0.29, 0.717) is 29.2 Å². The summed E-state index contributed by atoms with van der Waals surface area (Å²) in [6.45, 7) is 0.690. The van der Waals surface area contributed by atoms with Crippen LogP contribution in [0.15, 0.2) is 42.5 Å². The molecule has 0 amide bonds. The van der Waals surface area contributed by atoms with Crippen molar-refractivity contribution >= 4 is 11.6 Å². The van der Waals surface area contributed by atoms with Crippen molar-refractivity contribution in [3.8, 4) is 11.5 Å². The quantitative estimate of drug-likeness (QED) is 0.757. The van der Waals surface area contributed by atoms with Crippen LogP contribution >= 0.6 is 0 Å². The molecule has 0 radical (unpaired) electrons. The summed E-state index contributed by atoms with van der Waals surface area (Å²) < 4.78 is 10.6. The lowest BCUT2D eigenvalue weighted by Gasteiger charge is -2.22. The van der Waals surface area contributed by atoms with Crippen molar-refractivity contribution in [1.29, 1.82) is 0 Å². The first kappa shape index (κ1) is 19.1. The Hall–Kier alpha value is -2.70. The smallest absolute Gasteiger partial charge is 0.232 e. The molecule has 2 aromatic carbocycles. The van der Waals surface area contributed by atoms with Gasteiger partial charge in [-0.25, -0.2) is 0 Å². The van der Waals surface area contributed by atoms with Crippen LogP contribution in [0.2, 0.25) is 0 Å². The summed E-state index contributed by atoms with van der Waals surface area (Å²) in [6, 6.07) is 12.3. The summed E-state index contributed by atoms with van der Waals surface area (Å²) in [5.41, 5.74) is 2.08. The molecular weight excluding hydrogens is 346 g/mol.